The molecule has 9 nitrogen and oxygen atoms in total. The number of benzene rings is 2. The lowest BCUT2D eigenvalue weighted by atomic mass is 10.1. The summed E-state index contributed by atoms with van der Waals surface area (Å²) in [6, 6.07) is 8.20. The number of nitro groups is 2. The van der Waals surface area contributed by atoms with Crippen LogP contribution in [0.5, 0.6) is 5.75 Å². The van der Waals surface area contributed by atoms with Crippen molar-refractivity contribution < 1.29 is 19.4 Å². The molecule has 0 spiro atoms. The fraction of sp³-hybridized carbons (Fsp3) is 0.235. The SMILES string of the molecule is CCCOc1ccc(NC(=O)c2cccc([N+](=O)[O-])c2C)c([N+](=O)[O-])c1. The molecule has 0 aliphatic heterocycles. The Morgan fingerprint density at radius 1 is 1.12 bits per heavy atom. The lowest BCUT2D eigenvalue weighted by molar-refractivity contribution is -0.385. The number of nitrogens with zero attached hydrogens (tertiary/aromatic N) is 2. The molecule has 9 heteroatoms. The van der Waals surface area contributed by atoms with Gasteiger partial charge in [0.15, 0.2) is 0 Å². The molecule has 26 heavy (non-hydrogen) atoms. The predicted octanol–water partition coefficient (Wildman–Crippen LogP) is 3.85. The summed E-state index contributed by atoms with van der Waals surface area (Å²) < 4.78 is 5.36. The summed E-state index contributed by atoms with van der Waals surface area (Å²) in [5.74, 6) is -0.348. The number of anilines is 1. The first-order chi connectivity index (χ1) is 12.3. The normalized spacial score (nSPS) is 10.2. The van der Waals surface area contributed by atoms with Gasteiger partial charge in [0.05, 0.1) is 22.5 Å². The molecule has 136 valence electrons. The molecular formula is C17H17N3O6. The standard InChI is InChI=1S/C17H17N3O6/c1-3-9-26-12-7-8-14(16(10-12)20(24)25)18-17(21)13-5-4-6-15(11(13)2)19(22)23/h4-8,10H,3,9H2,1-2H3,(H,18,21). The van der Waals surface area contributed by atoms with Crippen LogP contribution >= 0.6 is 0 Å². The second kappa shape index (κ2) is 8.06. The highest BCUT2D eigenvalue weighted by molar-refractivity contribution is 6.07. The van der Waals surface area contributed by atoms with Gasteiger partial charge in [0, 0.05) is 17.2 Å². The van der Waals surface area contributed by atoms with Crippen molar-refractivity contribution in [3.63, 3.8) is 0 Å². The van der Waals surface area contributed by atoms with Gasteiger partial charge in [0.1, 0.15) is 11.4 Å². The molecule has 0 radical (unpaired) electrons. The highest BCUT2D eigenvalue weighted by atomic mass is 16.6. The van der Waals surface area contributed by atoms with Crippen molar-refractivity contribution in [2.75, 3.05) is 11.9 Å². The second-order valence-corrected chi connectivity index (χ2v) is 5.45. The summed E-state index contributed by atoms with van der Waals surface area (Å²) in [5, 5.41) is 24.7. The maximum atomic E-state index is 12.5. The van der Waals surface area contributed by atoms with E-state index in [0.29, 0.717) is 12.4 Å². The summed E-state index contributed by atoms with van der Waals surface area (Å²) in [6.45, 7) is 3.77. The lowest BCUT2D eigenvalue weighted by Crippen LogP contribution is -2.15. The average molecular weight is 359 g/mol. The topological polar surface area (TPSA) is 125 Å². The van der Waals surface area contributed by atoms with Crippen molar-refractivity contribution in [1.29, 1.82) is 0 Å². The average Bonchev–Trinajstić information content (AvgIpc) is 2.60. The van der Waals surface area contributed by atoms with E-state index < -0.39 is 15.8 Å². The third-order valence-corrected chi connectivity index (χ3v) is 3.63. The smallest absolute Gasteiger partial charge is 0.296 e. The number of nitro benzene ring substituents is 2. The molecule has 0 aromatic heterocycles. The first kappa shape index (κ1) is 18.8. The third kappa shape index (κ3) is 4.12. The summed E-state index contributed by atoms with van der Waals surface area (Å²) in [7, 11) is 0. The van der Waals surface area contributed by atoms with Gasteiger partial charge in [-0.1, -0.05) is 13.0 Å². The Bertz CT molecular complexity index is 866. The number of carbonyl (C=O) groups is 1. The maximum Gasteiger partial charge on any atom is 0.296 e. The minimum Gasteiger partial charge on any atom is -0.493 e. The lowest BCUT2D eigenvalue weighted by Gasteiger charge is -2.10. The molecule has 0 bridgehead atoms. The molecule has 0 aliphatic carbocycles. The number of nitrogens with one attached hydrogen (secondary N) is 1. The van der Waals surface area contributed by atoms with Crippen molar-refractivity contribution in [1.82, 2.24) is 0 Å². The van der Waals surface area contributed by atoms with Gasteiger partial charge in [-0.2, -0.15) is 0 Å². The van der Waals surface area contributed by atoms with E-state index in [2.05, 4.69) is 5.32 Å². The van der Waals surface area contributed by atoms with E-state index >= 15 is 0 Å². The van der Waals surface area contributed by atoms with Crippen LogP contribution in [0.1, 0.15) is 29.3 Å². The molecule has 1 N–H and O–H groups in total. The second-order valence-electron chi connectivity index (χ2n) is 5.45. The zero-order valence-electron chi connectivity index (χ0n) is 14.2. The Morgan fingerprint density at radius 2 is 1.81 bits per heavy atom. The predicted molar refractivity (Wildman–Crippen MR) is 94.7 cm³/mol. The minimum atomic E-state index is -0.670. The van der Waals surface area contributed by atoms with Crippen molar-refractivity contribution >= 4 is 23.0 Å². The number of amides is 1. The van der Waals surface area contributed by atoms with Crippen LogP contribution in [-0.4, -0.2) is 22.4 Å². The summed E-state index contributed by atoms with van der Waals surface area (Å²) in [4.78, 5) is 33.5. The molecule has 0 saturated carbocycles. The van der Waals surface area contributed by atoms with Gasteiger partial charge >= 0.3 is 0 Å². The Labute approximate surface area is 148 Å². The zero-order valence-corrected chi connectivity index (χ0v) is 14.2. The van der Waals surface area contributed by atoms with Crippen molar-refractivity contribution in [3.05, 3.63) is 67.8 Å². The number of ether oxygens (including phenoxy) is 1. The highest BCUT2D eigenvalue weighted by Gasteiger charge is 2.21. The Kier molecular flexibility index (Phi) is 5.84. The van der Waals surface area contributed by atoms with E-state index in [1.807, 2.05) is 6.92 Å². The minimum absolute atomic E-state index is 0.0187. The van der Waals surface area contributed by atoms with E-state index in [1.165, 1.54) is 43.3 Å². The number of carbonyl (C=O) groups excluding carboxylic acids is 1. The van der Waals surface area contributed by atoms with Gasteiger partial charge in [-0.15, -0.1) is 0 Å². The first-order valence-electron chi connectivity index (χ1n) is 7.81. The van der Waals surface area contributed by atoms with Crippen LogP contribution in [0.15, 0.2) is 36.4 Å². The first-order valence-corrected chi connectivity index (χ1v) is 7.81. The van der Waals surface area contributed by atoms with Crippen LogP contribution in [0, 0.1) is 27.2 Å². The molecule has 0 saturated heterocycles. The van der Waals surface area contributed by atoms with Gasteiger partial charge in [0.2, 0.25) is 0 Å². The summed E-state index contributed by atoms with van der Waals surface area (Å²) in [5.41, 5.74) is -0.291. The number of rotatable bonds is 7. The molecule has 2 rings (SSSR count). The van der Waals surface area contributed by atoms with E-state index in [1.54, 1.807) is 0 Å². The fourth-order valence-corrected chi connectivity index (χ4v) is 2.33. The highest BCUT2D eigenvalue weighted by Crippen LogP contribution is 2.30. The Hall–Kier alpha value is -3.49. The Balaban J connectivity index is 2.33. The fourth-order valence-electron chi connectivity index (χ4n) is 2.33. The van der Waals surface area contributed by atoms with Gasteiger partial charge in [-0.05, 0) is 31.5 Å². The molecule has 0 fully saturated rings. The third-order valence-electron chi connectivity index (χ3n) is 3.63. The zero-order chi connectivity index (χ0) is 19.3. The Morgan fingerprint density at radius 3 is 2.42 bits per heavy atom. The van der Waals surface area contributed by atoms with Gasteiger partial charge < -0.3 is 10.1 Å². The van der Waals surface area contributed by atoms with E-state index in [4.69, 9.17) is 4.74 Å². The molecule has 0 heterocycles. The molecule has 2 aromatic rings. The van der Waals surface area contributed by atoms with Crippen LogP contribution in [0.3, 0.4) is 0 Å². The van der Waals surface area contributed by atoms with Crippen molar-refractivity contribution in [3.8, 4) is 5.75 Å². The number of hydrogen-bond acceptors (Lipinski definition) is 6. The molecular weight excluding hydrogens is 342 g/mol. The molecule has 0 aliphatic rings. The van der Waals surface area contributed by atoms with Crippen LogP contribution in [0.2, 0.25) is 0 Å². The molecule has 0 atom stereocenters. The van der Waals surface area contributed by atoms with Crippen LogP contribution in [0.25, 0.3) is 0 Å². The van der Waals surface area contributed by atoms with Crippen LogP contribution in [-0.2, 0) is 0 Å². The van der Waals surface area contributed by atoms with E-state index in [0.717, 1.165) is 6.42 Å². The maximum absolute atomic E-state index is 12.5. The van der Waals surface area contributed by atoms with Crippen molar-refractivity contribution in [2.24, 2.45) is 0 Å². The van der Waals surface area contributed by atoms with Gasteiger partial charge in [0.25, 0.3) is 17.3 Å². The van der Waals surface area contributed by atoms with Crippen LogP contribution in [0.4, 0.5) is 17.1 Å². The van der Waals surface area contributed by atoms with E-state index in [-0.39, 0.29) is 28.2 Å². The van der Waals surface area contributed by atoms with Crippen molar-refractivity contribution in [2.45, 2.75) is 20.3 Å². The number of hydrogen-bond donors (Lipinski definition) is 1. The van der Waals surface area contributed by atoms with Crippen LogP contribution < -0.4 is 10.1 Å². The van der Waals surface area contributed by atoms with E-state index in [9.17, 15) is 25.0 Å². The molecule has 2 aromatic carbocycles. The summed E-state index contributed by atoms with van der Waals surface area (Å²) >= 11 is 0. The van der Waals surface area contributed by atoms with Gasteiger partial charge in [-0.3, -0.25) is 25.0 Å². The van der Waals surface area contributed by atoms with Gasteiger partial charge in [-0.25, -0.2) is 0 Å². The summed E-state index contributed by atoms with van der Waals surface area (Å²) in [6.07, 6.45) is 0.748. The quantitative estimate of drug-likeness (QED) is 0.591. The largest absolute Gasteiger partial charge is 0.493 e. The molecule has 1 amide bonds. The monoisotopic (exact) mass is 359 g/mol. The molecule has 0 unspecified atom stereocenters.